The fourth-order valence-electron chi connectivity index (χ4n) is 1.69. The highest BCUT2D eigenvalue weighted by molar-refractivity contribution is 5.70. The van der Waals surface area contributed by atoms with Gasteiger partial charge in [-0.3, -0.25) is 0 Å². The highest BCUT2D eigenvalue weighted by Crippen LogP contribution is 2.17. The molecule has 4 nitrogen and oxygen atoms in total. The summed E-state index contributed by atoms with van der Waals surface area (Å²) in [4.78, 5) is 12.9. The fourth-order valence-corrected chi connectivity index (χ4v) is 1.69. The molecule has 0 saturated heterocycles. The third-order valence-electron chi connectivity index (χ3n) is 2.61. The molecule has 0 unspecified atom stereocenters. The maximum atomic E-state index is 13.6. The monoisotopic (exact) mass is 269 g/mol. The predicted octanol–water partition coefficient (Wildman–Crippen LogP) is 2.23. The van der Waals surface area contributed by atoms with Gasteiger partial charge in [-0.25, -0.2) is 9.18 Å². The Balaban J connectivity index is 2.38. The van der Waals surface area contributed by atoms with E-state index in [0.717, 1.165) is 0 Å². The molecule has 19 heavy (non-hydrogen) atoms. The van der Waals surface area contributed by atoms with E-state index in [0.29, 0.717) is 32.0 Å². The molecule has 5 heteroatoms. The van der Waals surface area contributed by atoms with E-state index in [1.165, 1.54) is 6.07 Å². The van der Waals surface area contributed by atoms with Crippen LogP contribution in [0.3, 0.4) is 0 Å². The van der Waals surface area contributed by atoms with Crippen molar-refractivity contribution in [1.29, 1.82) is 0 Å². The molecule has 1 aromatic rings. The van der Waals surface area contributed by atoms with Crippen LogP contribution in [0.5, 0.6) is 0 Å². The van der Waals surface area contributed by atoms with Crippen LogP contribution in [-0.4, -0.2) is 38.9 Å². The van der Waals surface area contributed by atoms with Crippen molar-refractivity contribution in [1.82, 2.24) is 0 Å². The summed E-state index contributed by atoms with van der Waals surface area (Å²) in [5.74, 6) is -0.633. The zero-order valence-electron chi connectivity index (χ0n) is 11.4. The lowest BCUT2D eigenvalue weighted by molar-refractivity contribution is -0.148. The van der Waals surface area contributed by atoms with Crippen molar-refractivity contribution in [3.8, 4) is 0 Å². The Hall–Kier alpha value is -1.62. The molecule has 0 aromatic heterocycles. The molecule has 0 spiro atoms. The smallest absolute Gasteiger partial charge is 0.332 e. The van der Waals surface area contributed by atoms with Crippen LogP contribution < -0.4 is 4.90 Å². The standard InChI is InChI=1S/C14H20FNO3/c1-3-16(13-8-6-5-7-12(13)15)9-10-18-11-14(17)19-4-2/h5-8H,3-4,9-11H2,1-2H3. The number of esters is 1. The number of hydrogen-bond donors (Lipinski definition) is 0. The second kappa shape index (κ2) is 8.48. The van der Waals surface area contributed by atoms with E-state index >= 15 is 0 Å². The van der Waals surface area contributed by atoms with Crippen molar-refractivity contribution in [2.75, 3.05) is 37.8 Å². The summed E-state index contributed by atoms with van der Waals surface area (Å²) in [6.45, 7) is 5.51. The lowest BCUT2D eigenvalue weighted by Crippen LogP contribution is -2.28. The number of likely N-dealkylation sites (N-methyl/N-ethyl adjacent to an activating group) is 1. The number of anilines is 1. The molecule has 106 valence electrons. The van der Waals surface area contributed by atoms with Crippen molar-refractivity contribution >= 4 is 11.7 Å². The van der Waals surface area contributed by atoms with Gasteiger partial charge in [0.1, 0.15) is 12.4 Å². The quantitative estimate of drug-likeness (QED) is 0.536. The van der Waals surface area contributed by atoms with Crippen LogP contribution in [0.15, 0.2) is 24.3 Å². The summed E-state index contributed by atoms with van der Waals surface area (Å²) >= 11 is 0. The van der Waals surface area contributed by atoms with Crippen molar-refractivity contribution in [2.45, 2.75) is 13.8 Å². The SMILES string of the molecule is CCOC(=O)COCCN(CC)c1ccccc1F. The zero-order valence-corrected chi connectivity index (χ0v) is 11.4. The van der Waals surface area contributed by atoms with Gasteiger partial charge in [-0.2, -0.15) is 0 Å². The molecule has 0 aliphatic heterocycles. The molecule has 0 bridgehead atoms. The minimum Gasteiger partial charge on any atom is -0.464 e. The fraction of sp³-hybridized carbons (Fsp3) is 0.500. The molecular weight excluding hydrogens is 249 g/mol. The zero-order chi connectivity index (χ0) is 14.1. The molecule has 0 atom stereocenters. The van der Waals surface area contributed by atoms with Crippen LogP contribution in [0.25, 0.3) is 0 Å². The number of benzene rings is 1. The van der Waals surface area contributed by atoms with Gasteiger partial charge in [-0.1, -0.05) is 12.1 Å². The molecule has 0 aliphatic carbocycles. The van der Waals surface area contributed by atoms with Gasteiger partial charge in [0.25, 0.3) is 0 Å². The molecule has 1 aromatic carbocycles. The Labute approximate surface area is 113 Å². The van der Waals surface area contributed by atoms with Gasteiger partial charge in [0.15, 0.2) is 0 Å². The minimum absolute atomic E-state index is 0.0668. The number of hydrogen-bond acceptors (Lipinski definition) is 4. The summed E-state index contributed by atoms with van der Waals surface area (Å²) in [6.07, 6.45) is 0. The number of rotatable bonds is 8. The molecule has 0 amide bonds. The van der Waals surface area contributed by atoms with Gasteiger partial charge < -0.3 is 14.4 Å². The number of para-hydroxylation sites is 1. The Morgan fingerprint density at radius 3 is 2.68 bits per heavy atom. The van der Waals surface area contributed by atoms with Crippen molar-refractivity contribution < 1.29 is 18.7 Å². The average Bonchev–Trinajstić information content (AvgIpc) is 2.40. The van der Waals surface area contributed by atoms with Gasteiger partial charge >= 0.3 is 5.97 Å². The Kier molecular flexibility index (Phi) is 6.89. The first-order chi connectivity index (χ1) is 9.19. The topological polar surface area (TPSA) is 38.8 Å². The van der Waals surface area contributed by atoms with Crippen LogP contribution in [0.4, 0.5) is 10.1 Å². The Bertz CT molecular complexity index is 398. The van der Waals surface area contributed by atoms with E-state index < -0.39 is 0 Å². The molecule has 1 rings (SSSR count). The van der Waals surface area contributed by atoms with Gasteiger partial charge in [-0.05, 0) is 26.0 Å². The van der Waals surface area contributed by atoms with Crippen molar-refractivity contribution in [2.24, 2.45) is 0 Å². The second-order valence-corrected chi connectivity index (χ2v) is 3.89. The number of nitrogens with zero attached hydrogens (tertiary/aromatic N) is 1. The number of carbonyl (C=O) groups excluding carboxylic acids is 1. The van der Waals surface area contributed by atoms with Crippen LogP contribution >= 0.6 is 0 Å². The largest absolute Gasteiger partial charge is 0.464 e. The third-order valence-corrected chi connectivity index (χ3v) is 2.61. The Morgan fingerprint density at radius 2 is 2.05 bits per heavy atom. The Morgan fingerprint density at radius 1 is 1.32 bits per heavy atom. The molecule has 0 radical (unpaired) electrons. The van der Waals surface area contributed by atoms with Crippen LogP contribution in [0.2, 0.25) is 0 Å². The van der Waals surface area contributed by atoms with Gasteiger partial charge in [-0.15, -0.1) is 0 Å². The molecule has 0 N–H and O–H groups in total. The average molecular weight is 269 g/mol. The predicted molar refractivity (Wildman–Crippen MR) is 71.7 cm³/mol. The van der Waals surface area contributed by atoms with E-state index in [4.69, 9.17) is 9.47 Å². The summed E-state index contributed by atoms with van der Waals surface area (Å²) < 4.78 is 23.6. The van der Waals surface area contributed by atoms with Crippen molar-refractivity contribution in [3.05, 3.63) is 30.1 Å². The molecular formula is C14H20FNO3. The van der Waals surface area contributed by atoms with Crippen LogP contribution in [0, 0.1) is 5.82 Å². The summed E-state index contributed by atoms with van der Waals surface area (Å²) in [5.41, 5.74) is 0.546. The lowest BCUT2D eigenvalue weighted by atomic mass is 10.2. The summed E-state index contributed by atoms with van der Waals surface area (Å²) in [7, 11) is 0. The maximum absolute atomic E-state index is 13.6. The van der Waals surface area contributed by atoms with E-state index in [-0.39, 0.29) is 18.4 Å². The first-order valence-electron chi connectivity index (χ1n) is 6.41. The summed E-state index contributed by atoms with van der Waals surface area (Å²) in [6, 6.07) is 6.60. The minimum atomic E-state index is -0.378. The summed E-state index contributed by atoms with van der Waals surface area (Å²) in [5, 5.41) is 0. The van der Waals surface area contributed by atoms with Gasteiger partial charge in [0.2, 0.25) is 0 Å². The van der Waals surface area contributed by atoms with Crippen LogP contribution in [0.1, 0.15) is 13.8 Å². The molecule has 0 fully saturated rings. The molecule has 0 heterocycles. The van der Waals surface area contributed by atoms with E-state index in [1.807, 2.05) is 11.8 Å². The highest BCUT2D eigenvalue weighted by Gasteiger charge is 2.09. The lowest BCUT2D eigenvalue weighted by Gasteiger charge is -2.23. The number of halogens is 1. The number of ether oxygens (including phenoxy) is 2. The van der Waals surface area contributed by atoms with E-state index in [2.05, 4.69) is 0 Å². The van der Waals surface area contributed by atoms with Gasteiger partial charge in [0, 0.05) is 13.1 Å². The molecule has 0 saturated carbocycles. The highest BCUT2D eigenvalue weighted by atomic mass is 19.1. The normalized spacial score (nSPS) is 10.3. The first-order valence-corrected chi connectivity index (χ1v) is 6.41. The van der Waals surface area contributed by atoms with E-state index in [9.17, 15) is 9.18 Å². The number of carbonyl (C=O) groups is 1. The van der Waals surface area contributed by atoms with Crippen LogP contribution in [-0.2, 0) is 14.3 Å². The first kappa shape index (κ1) is 15.4. The molecule has 0 aliphatic rings. The van der Waals surface area contributed by atoms with Gasteiger partial charge in [0.05, 0.1) is 18.9 Å². The second-order valence-electron chi connectivity index (χ2n) is 3.89. The van der Waals surface area contributed by atoms with Crippen molar-refractivity contribution in [3.63, 3.8) is 0 Å². The third kappa shape index (κ3) is 5.26. The maximum Gasteiger partial charge on any atom is 0.332 e. The van der Waals surface area contributed by atoms with E-state index in [1.54, 1.807) is 25.1 Å².